The highest BCUT2D eigenvalue weighted by Gasteiger charge is 2.17. The van der Waals surface area contributed by atoms with E-state index in [-0.39, 0.29) is 11.3 Å². The van der Waals surface area contributed by atoms with Gasteiger partial charge in [-0.15, -0.1) is 0 Å². The van der Waals surface area contributed by atoms with E-state index in [0.717, 1.165) is 22.4 Å². The molecule has 0 radical (unpaired) electrons. The normalized spacial score (nSPS) is 11.6. The summed E-state index contributed by atoms with van der Waals surface area (Å²) in [6.45, 7) is 9.26. The average Bonchev–Trinajstić information content (AvgIpc) is 3.06. The van der Waals surface area contributed by atoms with Gasteiger partial charge in [-0.1, -0.05) is 50.3 Å². The Morgan fingerprint density at radius 1 is 1.18 bits per heavy atom. The highest BCUT2D eigenvalue weighted by Crippen LogP contribution is 2.28. The molecule has 0 aliphatic rings. The van der Waals surface area contributed by atoms with Gasteiger partial charge in [0.25, 0.3) is 0 Å². The van der Waals surface area contributed by atoms with Crippen molar-refractivity contribution in [2.24, 2.45) is 0 Å². The highest BCUT2D eigenvalue weighted by atomic mass is 32.1. The van der Waals surface area contributed by atoms with E-state index >= 15 is 0 Å². The summed E-state index contributed by atoms with van der Waals surface area (Å²) in [6, 6.07) is 14.4. The molecule has 1 heterocycles. The Morgan fingerprint density at radius 2 is 1.93 bits per heavy atom. The number of nitrogens with zero attached hydrogens (tertiary/aromatic N) is 1. The second-order valence-corrected chi connectivity index (χ2v) is 8.78. The van der Waals surface area contributed by atoms with E-state index in [9.17, 15) is 4.79 Å². The summed E-state index contributed by atoms with van der Waals surface area (Å²) in [4.78, 5) is 16.6. The number of fused-ring (bicyclic) bond motifs is 1. The van der Waals surface area contributed by atoms with E-state index in [4.69, 9.17) is 4.74 Å². The Balaban J connectivity index is 1.43. The molecule has 3 aromatic rings. The van der Waals surface area contributed by atoms with Crippen LogP contribution < -0.4 is 10.1 Å². The molecule has 3 rings (SSSR count). The number of amides is 1. The van der Waals surface area contributed by atoms with Gasteiger partial charge in [0.2, 0.25) is 5.91 Å². The number of ether oxygens (including phenoxy) is 1. The Hall–Kier alpha value is -2.40. The molecule has 0 aliphatic carbocycles. The summed E-state index contributed by atoms with van der Waals surface area (Å²) >= 11 is 1.51. The molecular weight excluding hydrogens is 368 g/mol. The van der Waals surface area contributed by atoms with Crippen molar-refractivity contribution in [3.05, 3.63) is 53.6 Å². The minimum Gasteiger partial charge on any atom is -0.494 e. The Labute approximate surface area is 171 Å². The maximum absolute atomic E-state index is 12.2. The van der Waals surface area contributed by atoms with Crippen molar-refractivity contribution in [2.75, 3.05) is 11.9 Å². The Bertz CT molecular complexity index is 945. The van der Waals surface area contributed by atoms with Gasteiger partial charge in [-0.05, 0) is 60.6 Å². The SMILES string of the molecule is CCC(C)(C)c1ccc(OCCCC(=O)Nc2nc3ccc(C)cc3s2)cc1. The van der Waals surface area contributed by atoms with E-state index in [0.29, 0.717) is 24.6 Å². The molecule has 148 valence electrons. The smallest absolute Gasteiger partial charge is 0.226 e. The number of hydrogen-bond acceptors (Lipinski definition) is 4. The van der Waals surface area contributed by atoms with Crippen LogP contribution in [0.15, 0.2) is 42.5 Å². The average molecular weight is 397 g/mol. The first-order valence-corrected chi connectivity index (χ1v) is 10.6. The third-order valence-corrected chi connectivity index (χ3v) is 6.06. The molecule has 0 saturated carbocycles. The second kappa shape index (κ2) is 8.74. The zero-order valence-corrected chi connectivity index (χ0v) is 17.9. The minimum atomic E-state index is -0.0283. The number of carbonyl (C=O) groups is 1. The Morgan fingerprint density at radius 3 is 2.64 bits per heavy atom. The van der Waals surface area contributed by atoms with Crippen LogP contribution in [0.1, 0.15) is 51.2 Å². The van der Waals surface area contributed by atoms with E-state index < -0.39 is 0 Å². The van der Waals surface area contributed by atoms with Crippen LogP contribution in [-0.2, 0) is 10.2 Å². The molecule has 0 saturated heterocycles. The summed E-state index contributed by atoms with van der Waals surface area (Å²) in [5, 5.41) is 3.55. The lowest BCUT2D eigenvalue weighted by Crippen LogP contribution is -2.15. The lowest BCUT2D eigenvalue weighted by molar-refractivity contribution is -0.116. The monoisotopic (exact) mass is 396 g/mol. The fraction of sp³-hybridized carbons (Fsp3) is 0.391. The predicted octanol–water partition coefficient (Wildman–Crippen LogP) is 6.09. The maximum atomic E-state index is 12.2. The summed E-state index contributed by atoms with van der Waals surface area (Å²) in [6.07, 6.45) is 2.17. The zero-order valence-electron chi connectivity index (χ0n) is 17.0. The fourth-order valence-electron chi connectivity index (χ4n) is 2.90. The van der Waals surface area contributed by atoms with Crippen molar-refractivity contribution >= 4 is 32.6 Å². The van der Waals surface area contributed by atoms with E-state index in [1.807, 2.05) is 24.3 Å². The lowest BCUT2D eigenvalue weighted by Gasteiger charge is -2.23. The standard InChI is InChI=1S/C23H28N2O2S/c1-5-23(3,4)17-9-11-18(12-10-17)27-14-6-7-21(26)25-22-24-19-13-8-16(2)15-20(19)28-22/h8-13,15H,5-7,14H2,1-4H3,(H,24,25,26). The number of aromatic nitrogens is 1. The lowest BCUT2D eigenvalue weighted by atomic mass is 9.82. The van der Waals surface area contributed by atoms with Crippen LogP contribution in [-0.4, -0.2) is 17.5 Å². The topological polar surface area (TPSA) is 51.2 Å². The first-order chi connectivity index (χ1) is 13.4. The molecule has 28 heavy (non-hydrogen) atoms. The molecule has 1 N–H and O–H groups in total. The number of hydrogen-bond donors (Lipinski definition) is 1. The van der Waals surface area contributed by atoms with Crippen molar-refractivity contribution in [2.45, 2.75) is 52.4 Å². The van der Waals surface area contributed by atoms with Crippen LogP contribution in [0.3, 0.4) is 0 Å². The predicted molar refractivity (Wildman–Crippen MR) is 117 cm³/mol. The number of thiazole rings is 1. The first kappa shape index (κ1) is 20.3. The molecule has 0 fully saturated rings. The third-order valence-electron chi connectivity index (χ3n) is 5.13. The van der Waals surface area contributed by atoms with Crippen LogP contribution in [0.4, 0.5) is 5.13 Å². The van der Waals surface area contributed by atoms with Crippen LogP contribution in [0, 0.1) is 6.92 Å². The summed E-state index contributed by atoms with van der Waals surface area (Å²) < 4.78 is 6.87. The third kappa shape index (κ3) is 5.10. The van der Waals surface area contributed by atoms with Crippen molar-refractivity contribution in [3.63, 3.8) is 0 Å². The summed E-state index contributed by atoms with van der Waals surface area (Å²) in [5.74, 6) is 0.817. The van der Waals surface area contributed by atoms with E-state index in [1.54, 1.807) is 0 Å². The van der Waals surface area contributed by atoms with Crippen LogP contribution in [0.25, 0.3) is 10.2 Å². The molecule has 2 aromatic carbocycles. The van der Waals surface area contributed by atoms with Gasteiger partial charge >= 0.3 is 0 Å². The van der Waals surface area contributed by atoms with Crippen molar-refractivity contribution in [1.82, 2.24) is 4.98 Å². The number of benzene rings is 2. The molecular formula is C23H28N2O2S. The summed E-state index contributed by atoms with van der Waals surface area (Å²) in [5.41, 5.74) is 3.60. The van der Waals surface area contributed by atoms with Crippen molar-refractivity contribution in [1.29, 1.82) is 0 Å². The summed E-state index contributed by atoms with van der Waals surface area (Å²) in [7, 11) is 0. The number of aryl methyl sites for hydroxylation is 1. The number of anilines is 1. The highest BCUT2D eigenvalue weighted by molar-refractivity contribution is 7.22. The molecule has 0 atom stereocenters. The largest absolute Gasteiger partial charge is 0.494 e. The van der Waals surface area contributed by atoms with Crippen LogP contribution >= 0.6 is 11.3 Å². The molecule has 1 amide bonds. The van der Waals surface area contributed by atoms with Gasteiger partial charge in [0.1, 0.15) is 5.75 Å². The van der Waals surface area contributed by atoms with Gasteiger partial charge in [-0.2, -0.15) is 0 Å². The van der Waals surface area contributed by atoms with Gasteiger partial charge in [0.05, 0.1) is 16.8 Å². The number of rotatable bonds is 8. The van der Waals surface area contributed by atoms with Gasteiger partial charge in [-0.3, -0.25) is 4.79 Å². The molecule has 0 aliphatic heterocycles. The van der Waals surface area contributed by atoms with E-state index in [1.165, 1.54) is 22.5 Å². The van der Waals surface area contributed by atoms with Gasteiger partial charge in [-0.25, -0.2) is 4.98 Å². The zero-order chi connectivity index (χ0) is 20.1. The van der Waals surface area contributed by atoms with Crippen molar-refractivity contribution in [3.8, 4) is 5.75 Å². The van der Waals surface area contributed by atoms with Crippen LogP contribution in [0.5, 0.6) is 5.75 Å². The maximum Gasteiger partial charge on any atom is 0.226 e. The molecule has 0 bridgehead atoms. The first-order valence-electron chi connectivity index (χ1n) is 9.78. The Kier molecular flexibility index (Phi) is 6.35. The minimum absolute atomic E-state index is 0.0283. The molecule has 0 spiro atoms. The van der Waals surface area contributed by atoms with Crippen molar-refractivity contribution < 1.29 is 9.53 Å². The molecule has 4 nitrogen and oxygen atoms in total. The van der Waals surface area contributed by atoms with Crippen LogP contribution in [0.2, 0.25) is 0 Å². The van der Waals surface area contributed by atoms with Gasteiger partial charge in [0, 0.05) is 6.42 Å². The van der Waals surface area contributed by atoms with Gasteiger partial charge in [0.15, 0.2) is 5.13 Å². The van der Waals surface area contributed by atoms with E-state index in [2.05, 4.69) is 56.2 Å². The molecule has 5 heteroatoms. The number of carbonyl (C=O) groups excluding carboxylic acids is 1. The molecule has 1 aromatic heterocycles. The quantitative estimate of drug-likeness (QED) is 0.469. The second-order valence-electron chi connectivity index (χ2n) is 7.75. The fourth-order valence-corrected chi connectivity index (χ4v) is 3.88. The number of nitrogens with one attached hydrogen (secondary N) is 1. The van der Waals surface area contributed by atoms with Gasteiger partial charge < -0.3 is 10.1 Å². The molecule has 0 unspecified atom stereocenters.